The number of carbonyl (C=O) groups excluding carboxylic acids is 1. The van der Waals surface area contributed by atoms with Gasteiger partial charge in [-0.15, -0.1) is 0 Å². The summed E-state index contributed by atoms with van der Waals surface area (Å²) in [6, 6.07) is -0.617. The Morgan fingerprint density at radius 2 is 2.06 bits per heavy atom. The van der Waals surface area contributed by atoms with Crippen molar-refractivity contribution in [2.45, 2.75) is 13.0 Å². The zero-order chi connectivity index (χ0) is 11.9. The van der Waals surface area contributed by atoms with Crippen LogP contribution in [0.5, 0.6) is 0 Å². The number of hydrogen-bond acceptors (Lipinski definition) is 2. The number of halogens is 3. The van der Waals surface area contributed by atoms with Crippen LogP contribution >= 0.6 is 0 Å². The van der Waals surface area contributed by atoms with Crippen LogP contribution in [0.1, 0.15) is 18.5 Å². The van der Waals surface area contributed by atoms with Crippen LogP contribution in [0.15, 0.2) is 6.07 Å². The van der Waals surface area contributed by atoms with Gasteiger partial charge in [0.2, 0.25) is 5.91 Å². The van der Waals surface area contributed by atoms with E-state index in [1.807, 2.05) is 0 Å². The van der Waals surface area contributed by atoms with Crippen LogP contribution in [0.25, 0.3) is 0 Å². The first-order valence-electron chi connectivity index (χ1n) is 4.78. The molecule has 1 aliphatic rings. The molecule has 1 aromatic carbocycles. The second kappa shape index (κ2) is 3.79. The molecule has 1 heterocycles. The van der Waals surface area contributed by atoms with Crippen LogP contribution in [0.2, 0.25) is 0 Å². The minimum absolute atomic E-state index is 0.283. The van der Waals surface area contributed by atoms with Gasteiger partial charge >= 0.3 is 0 Å². The molecule has 1 aliphatic heterocycles. The summed E-state index contributed by atoms with van der Waals surface area (Å²) in [5.74, 6) is -4.04. The fraction of sp³-hybridized carbons (Fsp3) is 0.300. The lowest BCUT2D eigenvalue weighted by Gasteiger charge is -2.10. The molecule has 0 bridgehead atoms. The van der Waals surface area contributed by atoms with Crippen molar-refractivity contribution in [3.8, 4) is 0 Å². The Kier molecular flexibility index (Phi) is 2.59. The minimum Gasteiger partial charge on any atom is -0.322 e. The fourth-order valence-electron chi connectivity index (χ4n) is 1.74. The Morgan fingerprint density at radius 1 is 1.38 bits per heavy atom. The van der Waals surface area contributed by atoms with Gasteiger partial charge in [0.05, 0.1) is 5.69 Å². The number of rotatable bonds is 2. The third kappa shape index (κ3) is 1.46. The van der Waals surface area contributed by atoms with Crippen LogP contribution in [0.3, 0.4) is 0 Å². The van der Waals surface area contributed by atoms with E-state index in [0.29, 0.717) is 12.6 Å². The van der Waals surface area contributed by atoms with Crippen molar-refractivity contribution in [2.24, 2.45) is 0 Å². The smallest absolute Gasteiger partial charge is 0.246 e. The number of benzene rings is 1. The molecule has 0 saturated heterocycles. The average Bonchev–Trinajstić information content (AvgIpc) is 2.55. The molecule has 3 nitrogen and oxygen atoms in total. The average molecular weight is 230 g/mol. The van der Waals surface area contributed by atoms with Crippen molar-refractivity contribution in [1.29, 1.82) is 0 Å². The molecule has 0 aliphatic carbocycles. The Balaban J connectivity index is 2.59. The SMILES string of the molecule is CCNC1C(=O)Nc2c(F)cc(F)c(F)c21. The third-order valence-electron chi connectivity index (χ3n) is 2.42. The van der Waals surface area contributed by atoms with Crippen molar-refractivity contribution in [3.05, 3.63) is 29.1 Å². The predicted molar refractivity (Wildman–Crippen MR) is 51.4 cm³/mol. The van der Waals surface area contributed by atoms with E-state index >= 15 is 0 Å². The van der Waals surface area contributed by atoms with E-state index in [4.69, 9.17) is 0 Å². The highest BCUT2D eigenvalue weighted by Crippen LogP contribution is 2.36. The topological polar surface area (TPSA) is 41.1 Å². The molecule has 16 heavy (non-hydrogen) atoms. The van der Waals surface area contributed by atoms with Crippen molar-refractivity contribution in [3.63, 3.8) is 0 Å². The molecule has 0 saturated carbocycles. The number of nitrogens with one attached hydrogen (secondary N) is 2. The number of carbonyl (C=O) groups is 1. The van der Waals surface area contributed by atoms with Crippen molar-refractivity contribution in [2.75, 3.05) is 11.9 Å². The van der Waals surface area contributed by atoms with Crippen LogP contribution in [0, 0.1) is 17.5 Å². The number of amides is 1. The molecule has 1 unspecified atom stereocenters. The Labute approximate surface area is 89.6 Å². The van der Waals surface area contributed by atoms with E-state index in [1.54, 1.807) is 6.92 Å². The van der Waals surface area contributed by atoms with E-state index in [1.165, 1.54) is 0 Å². The second-order valence-electron chi connectivity index (χ2n) is 3.42. The summed E-state index contributed by atoms with van der Waals surface area (Å²) in [7, 11) is 0. The lowest BCUT2D eigenvalue weighted by molar-refractivity contribution is -0.117. The number of fused-ring (bicyclic) bond motifs is 1. The summed E-state index contributed by atoms with van der Waals surface area (Å²) in [4.78, 5) is 11.4. The van der Waals surface area contributed by atoms with Gasteiger partial charge in [-0.2, -0.15) is 0 Å². The Bertz CT molecular complexity index is 462. The molecule has 1 amide bonds. The van der Waals surface area contributed by atoms with Gasteiger partial charge in [0.15, 0.2) is 11.6 Å². The standard InChI is InChI=1S/C10H9F3N2O/c1-2-14-9-6-7(13)4(11)3-5(12)8(6)15-10(9)16/h3,9,14H,2H2,1H3,(H,15,16). The normalized spacial score (nSPS) is 18.5. The van der Waals surface area contributed by atoms with E-state index in [9.17, 15) is 18.0 Å². The highest BCUT2D eigenvalue weighted by atomic mass is 19.2. The van der Waals surface area contributed by atoms with E-state index < -0.39 is 29.4 Å². The zero-order valence-corrected chi connectivity index (χ0v) is 8.40. The fourth-order valence-corrected chi connectivity index (χ4v) is 1.74. The lowest BCUT2D eigenvalue weighted by atomic mass is 10.1. The molecule has 2 rings (SSSR count). The molecule has 1 aromatic rings. The molecule has 6 heteroatoms. The monoisotopic (exact) mass is 230 g/mol. The van der Waals surface area contributed by atoms with Gasteiger partial charge in [-0.05, 0) is 6.54 Å². The zero-order valence-electron chi connectivity index (χ0n) is 8.40. The number of anilines is 1. The summed E-state index contributed by atoms with van der Waals surface area (Å²) < 4.78 is 39.7. The Hall–Kier alpha value is -1.56. The highest BCUT2D eigenvalue weighted by Gasteiger charge is 2.36. The van der Waals surface area contributed by atoms with Gasteiger partial charge in [0, 0.05) is 11.6 Å². The van der Waals surface area contributed by atoms with Crippen LogP contribution < -0.4 is 10.6 Å². The van der Waals surface area contributed by atoms with E-state index in [-0.39, 0.29) is 11.3 Å². The quantitative estimate of drug-likeness (QED) is 0.759. The molecule has 0 spiro atoms. The van der Waals surface area contributed by atoms with E-state index in [2.05, 4.69) is 10.6 Å². The van der Waals surface area contributed by atoms with Gasteiger partial charge in [0.1, 0.15) is 11.9 Å². The number of hydrogen-bond donors (Lipinski definition) is 2. The summed E-state index contributed by atoms with van der Waals surface area (Å²) >= 11 is 0. The molecule has 0 fully saturated rings. The minimum atomic E-state index is -1.30. The van der Waals surface area contributed by atoms with Gasteiger partial charge in [-0.1, -0.05) is 6.92 Å². The van der Waals surface area contributed by atoms with E-state index in [0.717, 1.165) is 0 Å². The first-order valence-corrected chi connectivity index (χ1v) is 4.78. The summed E-state index contributed by atoms with van der Waals surface area (Å²) in [5, 5.41) is 4.85. The third-order valence-corrected chi connectivity index (χ3v) is 2.42. The maximum absolute atomic E-state index is 13.5. The van der Waals surface area contributed by atoms with Gasteiger partial charge in [0.25, 0.3) is 0 Å². The first kappa shape index (κ1) is 10.9. The largest absolute Gasteiger partial charge is 0.322 e. The van der Waals surface area contributed by atoms with Crippen LogP contribution in [-0.4, -0.2) is 12.5 Å². The number of likely N-dealkylation sites (N-methyl/N-ethyl adjacent to an activating group) is 1. The summed E-state index contributed by atoms with van der Waals surface area (Å²) in [6.07, 6.45) is 0. The van der Waals surface area contributed by atoms with Crippen molar-refractivity contribution < 1.29 is 18.0 Å². The van der Waals surface area contributed by atoms with Crippen molar-refractivity contribution in [1.82, 2.24) is 5.32 Å². The molecule has 2 N–H and O–H groups in total. The molecule has 0 radical (unpaired) electrons. The maximum atomic E-state index is 13.5. The lowest BCUT2D eigenvalue weighted by Crippen LogP contribution is -2.27. The van der Waals surface area contributed by atoms with Crippen molar-refractivity contribution >= 4 is 11.6 Å². The van der Waals surface area contributed by atoms with Crippen LogP contribution in [0.4, 0.5) is 18.9 Å². The van der Waals surface area contributed by atoms with Gasteiger partial charge < -0.3 is 10.6 Å². The van der Waals surface area contributed by atoms with Gasteiger partial charge in [-0.3, -0.25) is 4.79 Å². The molecular formula is C10H9F3N2O. The molecule has 86 valence electrons. The highest BCUT2D eigenvalue weighted by molar-refractivity contribution is 6.02. The predicted octanol–water partition coefficient (Wildman–Crippen LogP) is 1.71. The summed E-state index contributed by atoms with van der Waals surface area (Å²) in [5.41, 5.74) is -0.570. The second-order valence-corrected chi connectivity index (χ2v) is 3.42. The van der Waals surface area contributed by atoms with Crippen LogP contribution in [-0.2, 0) is 4.79 Å². The van der Waals surface area contributed by atoms with Gasteiger partial charge in [-0.25, -0.2) is 13.2 Å². The maximum Gasteiger partial charge on any atom is 0.246 e. The molecular weight excluding hydrogens is 221 g/mol. The first-order chi connectivity index (χ1) is 7.56. The Morgan fingerprint density at radius 3 is 2.69 bits per heavy atom. The molecule has 0 aromatic heterocycles. The summed E-state index contributed by atoms with van der Waals surface area (Å²) in [6.45, 7) is 2.09. The molecule has 1 atom stereocenters.